The summed E-state index contributed by atoms with van der Waals surface area (Å²) in [4.78, 5) is 4.30. The van der Waals surface area contributed by atoms with E-state index in [2.05, 4.69) is 34.3 Å². The van der Waals surface area contributed by atoms with Crippen molar-refractivity contribution in [3.05, 3.63) is 23.6 Å². The molecule has 0 aliphatic rings. The minimum atomic E-state index is -0.125. The van der Waals surface area contributed by atoms with Crippen LogP contribution in [0.1, 0.15) is 44.2 Å². The van der Waals surface area contributed by atoms with E-state index in [0.717, 1.165) is 12.1 Å². The lowest BCUT2D eigenvalue weighted by atomic mass is 10.1. The van der Waals surface area contributed by atoms with E-state index in [9.17, 15) is 0 Å². The van der Waals surface area contributed by atoms with Gasteiger partial charge in [0.1, 0.15) is 6.54 Å². The Kier molecular flexibility index (Phi) is 3.71. The van der Waals surface area contributed by atoms with E-state index < -0.39 is 0 Å². The highest BCUT2D eigenvalue weighted by Gasteiger charge is 2.10. The van der Waals surface area contributed by atoms with Crippen molar-refractivity contribution in [3.63, 3.8) is 0 Å². The Labute approximate surface area is 105 Å². The molecule has 0 aliphatic carbocycles. The van der Waals surface area contributed by atoms with Crippen molar-refractivity contribution in [2.24, 2.45) is 11.7 Å². The second kappa shape index (κ2) is 5.26. The predicted octanol–water partition coefficient (Wildman–Crippen LogP) is 0.928. The van der Waals surface area contributed by atoms with Crippen LogP contribution in [0, 0.1) is 5.92 Å². The topological polar surface area (TPSA) is 95.7 Å². The van der Waals surface area contributed by atoms with Crippen LogP contribution in [0.5, 0.6) is 0 Å². The zero-order chi connectivity index (χ0) is 13.1. The van der Waals surface area contributed by atoms with Gasteiger partial charge in [0, 0.05) is 12.5 Å². The van der Waals surface area contributed by atoms with Gasteiger partial charge in [-0.3, -0.25) is 0 Å². The average Bonchev–Trinajstić information content (AvgIpc) is 2.88. The van der Waals surface area contributed by atoms with Gasteiger partial charge < -0.3 is 10.3 Å². The third kappa shape index (κ3) is 3.13. The van der Waals surface area contributed by atoms with Crippen LogP contribution >= 0.6 is 0 Å². The fraction of sp³-hybridized carbons (Fsp3) is 0.636. The summed E-state index contributed by atoms with van der Waals surface area (Å²) in [5.74, 6) is 1.76. The molecular weight excluding hydrogens is 232 g/mol. The third-order valence-corrected chi connectivity index (χ3v) is 2.42. The Morgan fingerprint density at radius 2 is 2.17 bits per heavy atom. The molecule has 7 nitrogen and oxygen atoms in total. The van der Waals surface area contributed by atoms with Crippen molar-refractivity contribution in [3.8, 4) is 0 Å². The number of aromatic nitrogens is 5. The number of hydrogen-bond acceptors (Lipinski definition) is 6. The molecule has 98 valence electrons. The first kappa shape index (κ1) is 12.7. The fourth-order valence-corrected chi connectivity index (χ4v) is 1.53. The lowest BCUT2D eigenvalue weighted by Gasteiger charge is -1.96. The maximum absolute atomic E-state index is 5.71. The summed E-state index contributed by atoms with van der Waals surface area (Å²) in [7, 11) is 0. The smallest absolute Gasteiger partial charge is 0.226 e. The zero-order valence-corrected chi connectivity index (χ0v) is 10.9. The van der Waals surface area contributed by atoms with Crippen molar-refractivity contribution >= 4 is 0 Å². The number of nitrogens with zero attached hydrogens (tertiary/aromatic N) is 5. The summed E-state index contributed by atoms with van der Waals surface area (Å²) in [6.45, 7) is 6.52. The third-order valence-electron chi connectivity index (χ3n) is 2.42. The lowest BCUT2D eigenvalue weighted by Crippen LogP contribution is -2.05. The molecule has 2 heterocycles. The molecule has 2 rings (SSSR count). The molecule has 0 amide bonds. The van der Waals surface area contributed by atoms with Crippen LogP contribution < -0.4 is 5.73 Å². The molecule has 1 unspecified atom stereocenters. The maximum atomic E-state index is 5.71. The summed E-state index contributed by atoms with van der Waals surface area (Å²) in [5, 5.41) is 11.8. The first-order chi connectivity index (χ1) is 8.54. The fourth-order valence-electron chi connectivity index (χ4n) is 1.53. The molecule has 0 spiro atoms. The molecule has 1 atom stereocenters. The Morgan fingerprint density at radius 1 is 1.39 bits per heavy atom. The Morgan fingerprint density at radius 3 is 2.78 bits per heavy atom. The van der Waals surface area contributed by atoms with Crippen LogP contribution in [0.4, 0.5) is 0 Å². The minimum Gasteiger partial charge on any atom is -0.339 e. The van der Waals surface area contributed by atoms with Gasteiger partial charge in [0.2, 0.25) is 5.89 Å². The van der Waals surface area contributed by atoms with Crippen LogP contribution in [0.2, 0.25) is 0 Å². The minimum absolute atomic E-state index is 0.125. The molecule has 0 aromatic carbocycles. The molecule has 0 fully saturated rings. The number of nitrogens with two attached hydrogens (primary N) is 1. The van der Waals surface area contributed by atoms with E-state index >= 15 is 0 Å². The van der Waals surface area contributed by atoms with Crippen LogP contribution in [-0.2, 0) is 13.0 Å². The van der Waals surface area contributed by atoms with Gasteiger partial charge in [-0.1, -0.05) is 24.2 Å². The molecular formula is C11H18N6O. The molecule has 2 aromatic heterocycles. The Bertz CT molecular complexity index is 501. The van der Waals surface area contributed by atoms with Gasteiger partial charge >= 0.3 is 0 Å². The molecule has 0 saturated carbocycles. The van der Waals surface area contributed by atoms with E-state index in [-0.39, 0.29) is 6.04 Å². The highest BCUT2D eigenvalue weighted by atomic mass is 16.5. The molecule has 0 bridgehead atoms. The van der Waals surface area contributed by atoms with Crippen molar-refractivity contribution in [2.75, 3.05) is 0 Å². The van der Waals surface area contributed by atoms with Crippen LogP contribution in [-0.4, -0.2) is 25.1 Å². The zero-order valence-electron chi connectivity index (χ0n) is 10.9. The van der Waals surface area contributed by atoms with Crippen molar-refractivity contribution < 1.29 is 4.52 Å². The number of rotatable bonds is 5. The molecule has 2 aromatic rings. The Balaban J connectivity index is 2.02. The van der Waals surface area contributed by atoms with Crippen LogP contribution in [0.25, 0.3) is 0 Å². The second-order valence-corrected chi connectivity index (χ2v) is 4.83. The summed E-state index contributed by atoms with van der Waals surface area (Å²) < 4.78 is 6.81. The van der Waals surface area contributed by atoms with E-state index in [1.54, 1.807) is 10.9 Å². The van der Waals surface area contributed by atoms with E-state index in [4.69, 9.17) is 10.3 Å². The van der Waals surface area contributed by atoms with Crippen LogP contribution in [0.3, 0.4) is 0 Å². The van der Waals surface area contributed by atoms with Crippen LogP contribution in [0.15, 0.2) is 10.7 Å². The standard InChI is InChI=1S/C11H18N6O/c1-7(2)4-11-13-10(15-18-11)6-17-5-9(8(3)12)14-16-17/h5,7-8H,4,6,12H2,1-3H3. The first-order valence-electron chi connectivity index (χ1n) is 6.01. The highest BCUT2D eigenvalue weighted by molar-refractivity contribution is 4.99. The normalized spacial score (nSPS) is 13.2. The van der Waals surface area contributed by atoms with E-state index in [0.29, 0.717) is 24.2 Å². The monoisotopic (exact) mass is 250 g/mol. The van der Waals surface area contributed by atoms with E-state index in [1.807, 2.05) is 6.92 Å². The average molecular weight is 250 g/mol. The molecule has 7 heteroatoms. The summed E-state index contributed by atoms with van der Waals surface area (Å²) >= 11 is 0. The van der Waals surface area contributed by atoms with Gasteiger partial charge in [-0.2, -0.15) is 4.98 Å². The van der Waals surface area contributed by atoms with Crippen molar-refractivity contribution in [1.29, 1.82) is 0 Å². The summed E-state index contributed by atoms with van der Waals surface area (Å²) in [6, 6.07) is -0.125. The predicted molar refractivity (Wildman–Crippen MR) is 64.6 cm³/mol. The molecule has 0 saturated heterocycles. The van der Waals surface area contributed by atoms with Gasteiger partial charge in [0.25, 0.3) is 0 Å². The largest absolute Gasteiger partial charge is 0.339 e. The molecule has 0 radical (unpaired) electrons. The first-order valence-corrected chi connectivity index (χ1v) is 6.01. The molecule has 18 heavy (non-hydrogen) atoms. The van der Waals surface area contributed by atoms with Gasteiger partial charge in [0.05, 0.1) is 11.9 Å². The summed E-state index contributed by atoms with van der Waals surface area (Å²) in [6.07, 6.45) is 2.58. The van der Waals surface area contributed by atoms with Gasteiger partial charge in [0.15, 0.2) is 5.82 Å². The Hall–Kier alpha value is -1.76. The highest BCUT2D eigenvalue weighted by Crippen LogP contribution is 2.08. The quantitative estimate of drug-likeness (QED) is 0.848. The lowest BCUT2D eigenvalue weighted by molar-refractivity contribution is 0.357. The van der Waals surface area contributed by atoms with Gasteiger partial charge in [-0.05, 0) is 12.8 Å². The van der Waals surface area contributed by atoms with E-state index in [1.165, 1.54) is 0 Å². The van der Waals surface area contributed by atoms with Gasteiger partial charge in [-0.25, -0.2) is 4.68 Å². The SMILES string of the molecule is CC(C)Cc1nc(Cn2cc(C(C)N)nn2)no1. The second-order valence-electron chi connectivity index (χ2n) is 4.83. The van der Waals surface area contributed by atoms with Gasteiger partial charge in [-0.15, -0.1) is 5.10 Å². The molecule has 2 N–H and O–H groups in total. The summed E-state index contributed by atoms with van der Waals surface area (Å²) in [5.41, 5.74) is 6.46. The molecule has 0 aliphatic heterocycles. The number of hydrogen-bond donors (Lipinski definition) is 1. The van der Waals surface area contributed by atoms with Crippen molar-refractivity contribution in [2.45, 2.75) is 39.8 Å². The van der Waals surface area contributed by atoms with Crippen molar-refractivity contribution in [1.82, 2.24) is 25.1 Å². The maximum Gasteiger partial charge on any atom is 0.226 e.